The van der Waals surface area contributed by atoms with Gasteiger partial charge in [0.15, 0.2) is 11.5 Å². The topological polar surface area (TPSA) is 73.6 Å². The Bertz CT molecular complexity index is 424. The number of rotatable bonds is 3. The Hall–Kier alpha value is -1.46. The molecule has 0 radical (unpaired) electrons. The zero-order valence-electron chi connectivity index (χ0n) is 10.1. The molecule has 1 aliphatic rings. The van der Waals surface area contributed by atoms with Gasteiger partial charge in [0.2, 0.25) is 5.91 Å². The number of ether oxygens (including phenoxy) is 2. The van der Waals surface area contributed by atoms with E-state index in [0.29, 0.717) is 19.8 Å². The number of amides is 1. The summed E-state index contributed by atoms with van der Waals surface area (Å²) in [6, 6.07) is 5.12. The summed E-state index contributed by atoms with van der Waals surface area (Å²) in [7, 11) is 0. The second-order valence-corrected chi connectivity index (χ2v) is 3.98. The minimum Gasteiger partial charge on any atom is -0.486 e. The maximum atomic E-state index is 11.3. The quantitative estimate of drug-likeness (QED) is 0.855. The Kier molecular flexibility index (Phi) is 5.25. The fraction of sp³-hybridized carbons (Fsp3) is 0.417. The summed E-state index contributed by atoms with van der Waals surface area (Å²) in [5.74, 6) is 1.31. The normalized spacial score (nSPS) is 14.3. The van der Waals surface area contributed by atoms with Gasteiger partial charge in [-0.15, -0.1) is 12.4 Å². The number of benzene rings is 1. The number of halogens is 1. The molecule has 6 heteroatoms. The number of nitrogens with two attached hydrogens (primary N) is 1. The lowest BCUT2D eigenvalue weighted by Gasteiger charge is -2.19. The second kappa shape index (κ2) is 6.47. The molecule has 100 valence electrons. The largest absolute Gasteiger partial charge is 0.486 e. The zero-order valence-corrected chi connectivity index (χ0v) is 11.0. The smallest absolute Gasteiger partial charge is 0.236 e. The molecule has 1 aliphatic heterocycles. The highest BCUT2D eigenvalue weighted by molar-refractivity contribution is 5.85. The molecule has 0 fully saturated rings. The maximum Gasteiger partial charge on any atom is 0.236 e. The predicted molar refractivity (Wildman–Crippen MR) is 70.2 cm³/mol. The molecule has 18 heavy (non-hydrogen) atoms. The van der Waals surface area contributed by atoms with Crippen LogP contribution in [-0.4, -0.2) is 25.2 Å². The van der Waals surface area contributed by atoms with Gasteiger partial charge in [0.05, 0.1) is 6.04 Å². The van der Waals surface area contributed by atoms with Gasteiger partial charge in [0, 0.05) is 6.54 Å². The lowest BCUT2D eigenvalue weighted by atomic mass is 10.2. The van der Waals surface area contributed by atoms with Crippen LogP contribution in [0.4, 0.5) is 0 Å². The molecule has 0 bridgehead atoms. The van der Waals surface area contributed by atoms with E-state index in [4.69, 9.17) is 15.2 Å². The van der Waals surface area contributed by atoms with E-state index in [2.05, 4.69) is 5.32 Å². The van der Waals surface area contributed by atoms with Crippen molar-refractivity contribution in [3.8, 4) is 11.5 Å². The molecular weight excluding hydrogens is 256 g/mol. The van der Waals surface area contributed by atoms with Gasteiger partial charge in [-0.25, -0.2) is 0 Å². The van der Waals surface area contributed by atoms with E-state index in [0.717, 1.165) is 17.1 Å². The van der Waals surface area contributed by atoms with Crippen molar-refractivity contribution in [1.29, 1.82) is 0 Å². The number of hydrogen-bond donors (Lipinski definition) is 2. The molecule has 0 saturated heterocycles. The second-order valence-electron chi connectivity index (χ2n) is 3.98. The van der Waals surface area contributed by atoms with Crippen LogP contribution < -0.4 is 20.5 Å². The highest BCUT2D eigenvalue weighted by Crippen LogP contribution is 2.30. The molecule has 0 spiro atoms. The first-order valence-electron chi connectivity index (χ1n) is 5.58. The first kappa shape index (κ1) is 14.6. The van der Waals surface area contributed by atoms with Crippen LogP contribution in [0.5, 0.6) is 11.5 Å². The van der Waals surface area contributed by atoms with Crippen molar-refractivity contribution in [3.63, 3.8) is 0 Å². The molecule has 3 N–H and O–H groups in total. The van der Waals surface area contributed by atoms with Crippen LogP contribution in [0, 0.1) is 0 Å². The molecule has 0 unspecified atom stereocenters. The summed E-state index contributed by atoms with van der Waals surface area (Å²) in [5, 5.41) is 2.74. The van der Waals surface area contributed by atoms with Gasteiger partial charge in [0.25, 0.3) is 0 Å². The van der Waals surface area contributed by atoms with Gasteiger partial charge in [-0.3, -0.25) is 4.79 Å². The summed E-state index contributed by atoms with van der Waals surface area (Å²) < 4.78 is 10.9. The molecule has 2 rings (SSSR count). The number of carbonyl (C=O) groups excluding carboxylic acids is 1. The lowest BCUT2D eigenvalue weighted by molar-refractivity contribution is -0.122. The Morgan fingerprint density at radius 3 is 2.72 bits per heavy atom. The number of fused-ring (bicyclic) bond motifs is 1. The third-order valence-corrected chi connectivity index (χ3v) is 2.49. The maximum absolute atomic E-state index is 11.3. The molecule has 1 aromatic rings. The average Bonchev–Trinajstić information content (AvgIpc) is 2.35. The fourth-order valence-electron chi connectivity index (χ4n) is 1.55. The van der Waals surface area contributed by atoms with Crippen molar-refractivity contribution in [2.75, 3.05) is 13.2 Å². The SMILES string of the molecule is C[C@@H](N)C(=O)NCc1ccc2c(c1)OCCO2.Cl. The van der Waals surface area contributed by atoms with Gasteiger partial charge in [-0.1, -0.05) is 6.07 Å². The minimum atomic E-state index is -0.493. The molecule has 1 amide bonds. The van der Waals surface area contributed by atoms with Crippen molar-refractivity contribution < 1.29 is 14.3 Å². The van der Waals surface area contributed by atoms with Gasteiger partial charge >= 0.3 is 0 Å². The molecule has 1 atom stereocenters. The summed E-state index contributed by atoms with van der Waals surface area (Å²) in [4.78, 5) is 11.3. The minimum absolute atomic E-state index is 0. The molecule has 1 aromatic carbocycles. The number of nitrogens with one attached hydrogen (secondary N) is 1. The van der Waals surface area contributed by atoms with Crippen molar-refractivity contribution in [1.82, 2.24) is 5.32 Å². The molecular formula is C12H17ClN2O3. The van der Waals surface area contributed by atoms with Crippen molar-refractivity contribution in [2.45, 2.75) is 19.5 Å². The highest BCUT2D eigenvalue weighted by Gasteiger charge is 2.12. The van der Waals surface area contributed by atoms with Crippen LogP contribution in [-0.2, 0) is 11.3 Å². The third-order valence-electron chi connectivity index (χ3n) is 2.49. The predicted octanol–water partition coefficient (Wildman–Crippen LogP) is 0.843. The Labute approximate surface area is 112 Å². The first-order valence-corrected chi connectivity index (χ1v) is 5.58. The van der Waals surface area contributed by atoms with Gasteiger partial charge in [-0.2, -0.15) is 0 Å². The van der Waals surface area contributed by atoms with Gasteiger partial charge < -0.3 is 20.5 Å². The van der Waals surface area contributed by atoms with E-state index in [1.807, 2.05) is 18.2 Å². The zero-order chi connectivity index (χ0) is 12.3. The Morgan fingerprint density at radius 1 is 1.39 bits per heavy atom. The van der Waals surface area contributed by atoms with E-state index in [1.165, 1.54) is 0 Å². The van der Waals surface area contributed by atoms with Crippen molar-refractivity contribution >= 4 is 18.3 Å². The van der Waals surface area contributed by atoms with Crippen LogP contribution in [0.1, 0.15) is 12.5 Å². The van der Waals surface area contributed by atoms with Crippen LogP contribution in [0.2, 0.25) is 0 Å². The monoisotopic (exact) mass is 272 g/mol. The average molecular weight is 273 g/mol. The molecule has 1 heterocycles. The molecule has 0 aromatic heterocycles. The third kappa shape index (κ3) is 3.51. The number of hydrogen-bond acceptors (Lipinski definition) is 4. The molecule has 5 nitrogen and oxygen atoms in total. The Balaban J connectivity index is 0.00000162. The summed E-state index contributed by atoms with van der Waals surface area (Å²) in [6.45, 7) is 3.23. The highest BCUT2D eigenvalue weighted by atomic mass is 35.5. The van der Waals surface area contributed by atoms with E-state index >= 15 is 0 Å². The van der Waals surface area contributed by atoms with E-state index in [9.17, 15) is 4.79 Å². The Morgan fingerprint density at radius 2 is 2.06 bits per heavy atom. The van der Waals surface area contributed by atoms with Crippen molar-refractivity contribution in [3.05, 3.63) is 23.8 Å². The fourth-order valence-corrected chi connectivity index (χ4v) is 1.55. The first-order chi connectivity index (χ1) is 8.16. The summed E-state index contributed by atoms with van der Waals surface area (Å²) in [5.41, 5.74) is 6.42. The van der Waals surface area contributed by atoms with Gasteiger partial charge in [0.1, 0.15) is 13.2 Å². The van der Waals surface area contributed by atoms with Crippen LogP contribution >= 0.6 is 12.4 Å². The van der Waals surface area contributed by atoms with Crippen molar-refractivity contribution in [2.24, 2.45) is 5.73 Å². The van der Waals surface area contributed by atoms with Crippen LogP contribution in [0.3, 0.4) is 0 Å². The van der Waals surface area contributed by atoms with E-state index in [1.54, 1.807) is 6.92 Å². The standard InChI is InChI=1S/C12H16N2O3.ClH/c1-8(13)12(15)14-7-9-2-3-10-11(6-9)17-5-4-16-10;/h2-3,6,8H,4-5,7,13H2,1H3,(H,14,15);1H/t8-;/m1./s1. The van der Waals surface area contributed by atoms with Gasteiger partial charge in [-0.05, 0) is 24.6 Å². The summed E-state index contributed by atoms with van der Waals surface area (Å²) >= 11 is 0. The molecule has 0 aliphatic carbocycles. The lowest BCUT2D eigenvalue weighted by Crippen LogP contribution is -2.37. The summed E-state index contributed by atoms with van der Waals surface area (Å²) in [6.07, 6.45) is 0. The number of carbonyl (C=O) groups is 1. The molecule has 0 saturated carbocycles. The van der Waals surface area contributed by atoms with E-state index < -0.39 is 6.04 Å². The van der Waals surface area contributed by atoms with Crippen LogP contribution in [0.15, 0.2) is 18.2 Å². The van der Waals surface area contributed by atoms with E-state index in [-0.39, 0.29) is 18.3 Å². The van der Waals surface area contributed by atoms with Crippen LogP contribution in [0.25, 0.3) is 0 Å².